The smallest absolute Gasteiger partial charge is 0.409 e. The molecule has 1 aliphatic rings. The van der Waals surface area contributed by atoms with Crippen LogP contribution in [0.25, 0.3) is 16.9 Å². The second kappa shape index (κ2) is 9.13. The number of hydrogen-bond acceptors (Lipinski definition) is 5. The largest absolute Gasteiger partial charge is 0.450 e. The number of piperazine rings is 1. The molecule has 0 atom stereocenters. The van der Waals surface area contributed by atoms with Crippen LogP contribution in [0.15, 0.2) is 48.9 Å². The van der Waals surface area contributed by atoms with E-state index in [4.69, 9.17) is 4.74 Å². The van der Waals surface area contributed by atoms with Crippen molar-refractivity contribution in [3.63, 3.8) is 0 Å². The van der Waals surface area contributed by atoms with Crippen LogP contribution in [0.3, 0.4) is 0 Å². The first-order valence-electron chi connectivity index (χ1n) is 10.1. The second-order valence-electron chi connectivity index (χ2n) is 7.18. The maximum absolute atomic E-state index is 14.0. The molecule has 10 heteroatoms. The van der Waals surface area contributed by atoms with Crippen molar-refractivity contribution >= 4 is 12.0 Å². The molecule has 0 spiro atoms. The van der Waals surface area contributed by atoms with E-state index in [1.807, 2.05) is 0 Å². The van der Waals surface area contributed by atoms with Crippen LogP contribution >= 0.6 is 0 Å². The molecule has 0 unspecified atom stereocenters. The third-order valence-corrected chi connectivity index (χ3v) is 5.14. The fourth-order valence-corrected chi connectivity index (χ4v) is 3.43. The van der Waals surface area contributed by atoms with Gasteiger partial charge in [0.1, 0.15) is 11.5 Å². The third-order valence-electron chi connectivity index (χ3n) is 5.14. The van der Waals surface area contributed by atoms with Crippen molar-refractivity contribution < 1.29 is 23.1 Å². The number of carbonyl (C=O) groups is 2. The van der Waals surface area contributed by atoms with E-state index in [9.17, 15) is 18.4 Å². The summed E-state index contributed by atoms with van der Waals surface area (Å²) in [6.45, 7) is 3.71. The van der Waals surface area contributed by atoms with Crippen molar-refractivity contribution in [2.75, 3.05) is 32.8 Å². The Labute approximate surface area is 183 Å². The molecular weight excluding hydrogens is 420 g/mol. The van der Waals surface area contributed by atoms with Crippen LogP contribution in [0.4, 0.5) is 13.6 Å². The lowest BCUT2D eigenvalue weighted by molar-refractivity contribution is 0.0570. The van der Waals surface area contributed by atoms with Crippen molar-refractivity contribution in [3.05, 3.63) is 66.1 Å². The number of ether oxygens (including phenoxy) is 1. The molecule has 32 heavy (non-hydrogen) atoms. The van der Waals surface area contributed by atoms with Crippen LogP contribution in [0.5, 0.6) is 0 Å². The van der Waals surface area contributed by atoms with Crippen LogP contribution in [-0.2, 0) is 4.74 Å². The molecule has 1 saturated heterocycles. The van der Waals surface area contributed by atoms with Crippen molar-refractivity contribution in [1.82, 2.24) is 24.6 Å². The molecule has 0 saturated carbocycles. The molecule has 1 fully saturated rings. The average Bonchev–Trinajstić information content (AvgIpc) is 3.29. The Balaban J connectivity index is 1.42. The summed E-state index contributed by atoms with van der Waals surface area (Å²) >= 11 is 0. The van der Waals surface area contributed by atoms with Gasteiger partial charge in [-0.25, -0.2) is 18.3 Å². The number of halogens is 2. The first-order valence-corrected chi connectivity index (χ1v) is 10.1. The van der Waals surface area contributed by atoms with E-state index in [0.29, 0.717) is 49.6 Å². The number of nitrogens with zero attached hydrogens (tertiary/aromatic N) is 5. The summed E-state index contributed by atoms with van der Waals surface area (Å²) in [6.07, 6.45) is 4.20. The topological polar surface area (TPSA) is 80.6 Å². The molecule has 1 aromatic carbocycles. The number of aromatic nitrogens is 3. The highest BCUT2D eigenvalue weighted by Gasteiger charge is 2.25. The molecule has 3 heterocycles. The summed E-state index contributed by atoms with van der Waals surface area (Å²) in [5.41, 5.74) is 1.72. The monoisotopic (exact) mass is 441 g/mol. The minimum atomic E-state index is -0.725. The van der Waals surface area contributed by atoms with Gasteiger partial charge in [0.2, 0.25) is 0 Å². The second-order valence-corrected chi connectivity index (χ2v) is 7.18. The van der Waals surface area contributed by atoms with E-state index in [1.165, 1.54) is 23.1 Å². The Hall–Kier alpha value is -3.82. The average molecular weight is 441 g/mol. The molecule has 1 aliphatic heterocycles. The van der Waals surface area contributed by atoms with Gasteiger partial charge in [-0.15, -0.1) is 0 Å². The molecule has 0 aliphatic carbocycles. The normalized spacial score (nSPS) is 13.8. The predicted octanol–water partition coefficient (Wildman–Crippen LogP) is 3.13. The standard InChI is InChI=1S/C22H21F2N5O3/c1-2-32-22(31)28-9-7-27(8-10-28)21(30)15-3-5-19(25-12-15)16-13-26-29(14-16)20-6-4-17(23)11-18(20)24/h3-6,11-14H,2,7-10H2,1H3. The van der Waals surface area contributed by atoms with E-state index in [2.05, 4.69) is 10.1 Å². The highest BCUT2D eigenvalue weighted by atomic mass is 19.1. The summed E-state index contributed by atoms with van der Waals surface area (Å²) < 4.78 is 33.4. The van der Waals surface area contributed by atoms with Gasteiger partial charge in [-0.2, -0.15) is 5.10 Å². The molecule has 2 amide bonds. The van der Waals surface area contributed by atoms with E-state index >= 15 is 0 Å². The van der Waals surface area contributed by atoms with E-state index in [-0.39, 0.29) is 17.7 Å². The number of pyridine rings is 1. The predicted molar refractivity (Wildman–Crippen MR) is 111 cm³/mol. The summed E-state index contributed by atoms with van der Waals surface area (Å²) in [4.78, 5) is 32.1. The fourth-order valence-electron chi connectivity index (χ4n) is 3.43. The van der Waals surface area contributed by atoms with Gasteiger partial charge < -0.3 is 14.5 Å². The fraction of sp³-hybridized carbons (Fsp3) is 0.273. The lowest BCUT2D eigenvalue weighted by Gasteiger charge is -2.34. The van der Waals surface area contributed by atoms with E-state index in [0.717, 1.165) is 12.1 Å². The Bertz CT molecular complexity index is 1120. The minimum Gasteiger partial charge on any atom is -0.450 e. The molecule has 166 valence electrons. The molecule has 0 bridgehead atoms. The summed E-state index contributed by atoms with van der Waals surface area (Å²) in [5, 5.41) is 4.12. The number of benzene rings is 1. The number of hydrogen-bond donors (Lipinski definition) is 0. The van der Waals surface area contributed by atoms with E-state index < -0.39 is 11.6 Å². The van der Waals surface area contributed by atoms with Crippen molar-refractivity contribution in [3.8, 4) is 16.9 Å². The van der Waals surface area contributed by atoms with Crippen LogP contribution in [0.1, 0.15) is 17.3 Å². The van der Waals surface area contributed by atoms with E-state index in [1.54, 1.807) is 35.1 Å². The Morgan fingerprint density at radius 1 is 1.03 bits per heavy atom. The molecule has 8 nitrogen and oxygen atoms in total. The SMILES string of the molecule is CCOC(=O)N1CCN(C(=O)c2ccc(-c3cnn(-c4ccc(F)cc4F)c3)nc2)CC1. The lowest BCUT2D eigenvalue weighted by Crippen LogP contribution is -2.50. The van der Waals surface area contributed by atoms with Crippen LogP contribution in [0.2, 0.25) is 0 Å². The first kappa shape index (κ1) is 21.4. The quantitative estimate of drug-likeness (QED) is 0.622. The van der Waals surface area contributed by atoms with Crippen molar-refractivity contribution in [2.24, 2.45) is 0 Å². The highest BCUT2D eigenvalue weighted by molar-refractivity contribution is 5.94. The third kappa shape index (κ3) is 4.43. The number of carbonyl (C=O) groups excluding carboxylic acids is 2. The van der Waals surface area contributed by atoms with Crippen molar-refractivity contribution in [1.29, 1.82) is 0 Å². The van der Waals surface area contributed by atoms with Gasteiger partial charge in [-0.3, -0.25) is 9.78 Å². The Morgan fingerprint density at radius 3 is 2.44 bits per heavy atom. The van der Waals surface area contributed by atoms with Gasteiger partial charge in [-0.1, -0.05) is 0 Å². The van der Waals surface area contributed by atoms with Crippen LogP contribution in [0, 0.1) is 11.6 Å². The summed E-state index contributed by atoms with van der Waals surface area (Å²) in [6, 6.07) is 6.61. The number of amides is 2. The maximum atomic E-state index is 14.0. The zero-order valence-electron chi connectivity index (χ0n) is 17.4. The lowest BCUT2D eigenvalue weighted by atomic mass is 10.1. The zero-order chi connectivity index (χ0) is 22.7. The van der Waals surface area contributed by atoms with Gasteiger partial charge in [0.05, 0.1) is 24.1 Å². The zero-order valence-corrected chi connectivity index (χ0v) is 17.4. The molecule has 0 radical (unpaired) electrons. The van der Waals surface area contributed by atoms with Gasteiger partial charge in [0.15, 0.2) is 5.82 Å². The Morgan fingerprint density at radius 2 is 1.78 bits per heavy atom. The molecule has 3 aromatic rings. The number of rotatable bonds is 4. The highest BCUT2D eigenvalue weighted by Crippen LogP contribution is 2.21. The van der Waals surface area contributed by atoms with Gasteiger partial charge in [0, 0.05) is 50.2 Å². The molecule has 4 rings (SSSR count). The van der Waals surface area contributed by atoms with Crippen LogP contribution in [-0.4, -0.2) is 69.4 Å². The van der Waals surface area contributed by atoms with Crippen molar-refractivity contribution in [2.45, 2.75) is 6.92 Å². The summed E-state index contributed by atoms with van der Waals surface area (Å²) in [5.74, 6) is -1.56. The molecule has 2 aromatic heterocycles. The van der Waals surface area contributed by atoms with Gasteiger partial charge >= 0.3 is 6.09 Å². The summed E-state index contributed by atoms with van der Waals surface area (Å²) in [7, 11) is 0. The van der Waals surface area contributed by atoms with Gasteiger partial charge in [0.25, 0.3) is 5.91 Å². The van der Waals surface area contributed by atoms with Gasteiger partial charge in [-0.05, 0) is 31.2 Å². The Kier molecular flexibility index (Phi) is 6.11. The molecule has 0 N–H and O–H groups in total. The minimum absolute atomic E-state index is 0.117. The first-order chi connectivity index (χ1) is 15.5. The maximum Gasteiger partial charge on any atom is 0.409 e. The van der Waals surface area contributed by atoms with Crippen LogP contribution < -0.4 is 0 Å². The molecular formula is C22H21F2N5O3.